The minimum atomic E-state index is -0.508. The maximum atomic E-state index is 12.4. The van der Waals surface area contributed by atoms with E-state index in [4.69, 9.17) is 19.2 Å². The highest BCUT2D eigenvalue weighted by molar-refractivity contribution is 5.91. The van der Waals surface area contributed by atoms with Gasteiger partial charge in [0.05, 0.1) is 37.7 Å². The van der Waals surface area contributed by atoms with Crippen molar-refractivity contribution in [1.82, 2.24) is 9.88 Å². The number of hydrogen-bond donors (Lipinski definition) is 0. The number of pyridine rings is 1. The number of rotatable bonds is 3. The quantitative estimate of drug-likeness (QED) is 0.639. The van der Waals surface area contributed by atoms with Gasteiger partial charge >= 0.3 is 5.97 Å². The summed E-state index contributed by atoms with van der Waals surface area (Å²) in [6.07, 6.45) is 1.68. The van der Waals surface area contributed by atoms with Crippen molar-refractivity contribution in [2.24, 2.45) is 0 Å². The van der Waals surface area contributed by atoms with Gasteiger partial charge in [-0.3, -0.25) is 0 Å². The van der Waals surface area contributed by atoms with Gasteiger partial charge < -0.3 is 19.1 Å². The zero-order valence-electron chi connectivity index (χ0n) is 16.2. The Labute approximate surface area is 168 Å². The molecule has 29 heavy (non-hydrogen) atoms. The Morgan fingerprint density at radius 3 is 2.72 bits per heavy atom. The Kier molecular flexibility index (Phi) is 4.21. The predicted octanol–water partition coefficient (Wildman–Crippen LogP) is 3.63. The summed E-state index contributed by atoms with van der Waals surface area (Å²) in [4.78, 5) is 19.3. The van der Waals surface area contributed by atoms with Crippen molar-refractivity contribution >= 4 is 28.6 Å². The maximum absolute atomic E-state index is 12.4. The van der Waals surface area contributed by atoms with Crippen LogP contribution < -0.4 is 4.74 Å². The number of benzene rings is 2. The second kappa shape index (κ2) is 6.90. The lowest BCUT2D eigenvalue weighted by Gasteiger charge is -2.23. The summed E-state index contributed by atoms with van der Waals surface area (Å²) in [5, 5.41) is 1.04. The van der Waals surface area contributed by atoms with E-state index in [0.717, 1.165) is 39.2 Å². The molecule has 0 aliphatic carbocycles. The molecule has 146 valence electrons. The van der Waals surface area contributed by atoms with Gasteiger partial charge in [-0.1, -0.05) is 30.3 Å². The fraction of sp³-hybridized carbons (Fsp3) is 0.217. The van der Waals surface area contributed by atoms with Crippen molar-refractivity contribution in [1.29, 1.82) is 0 Å². The minimum Gasteiger partial charge on any atom is -0.497 e. The number of carbonyl (C=O) groups excluding carboxylic acids is 1. The molecule has 6 nitrogen and oxygen atoms in total. The average Bonchev–Trinajstić information content (AvgIpc) is 3.32. The molecule has 2 aromatic carbocycles. The number of fused-ring (bicyclic) bond motifs is 4. The van der Waals surface area contributed by atoms with E-state index in [1.54, 1.807) is 7.11 Å². The molecule has 0 amide bonds. The first-order valence-electron chi connectivity index (χ1n) is 9.43. The lowest BCUT2D eigenvalue weighted by atomic mass is 10.1. The van der Waals surface area contributed by atoms with Gasteiger partial charge in [-0.25, -0.2) is 9.78 Å². The van der Waals surface area contributed by atoms with E-state index >= 15 is 0 Å². The molecule has 0 unspecified atom stereocenters. The molecule has 6 heteroatoms. The number of ether oxygens (including phenoxy) is 3. The molecular formula is C23H20N2O4. The Bertz CT molecular complexity index is 1120. The standard InChI is InChI=1S/C23H20N2O4/c1-27-16-9-7-14(8-10-16)11-19-21-17(12-15-5-3-4-6-18(15)24-21)22-25(19)20(13-29-22)23(26)28-2/h3-12,20,22H,13H2,1-2H3/b19-11-/t20-,22-/m0/s1. The van der Waals surface area contributed by atoms with Crippen LogP contribution in [0.3, 0.4) is 0 Å². The Balaban J connectivity index is 1.68. The van der Waals surface area contributed by atoms with Gasteiger partial charge in [-0.2, -0.15) is 0 Å². The third-order valence-electron chi connectivity index (χ3n) is 5.43. The van der Waals surface area contributed by atoms with Crippen molar-refractivity contribution in [3.8, 4) is 5.75 Å². The largest absolute Gasteiger partial charge is 0.497 e. The Hall–Kier alpha value is -3.38. The van der Waals surface area contributed by atoms with Crippen molar-refractivity contribution in [3.63, 3.8) is 0 Å². The zero-order valence-corrected chi connectivity index (χ0v) is 16.2. The number of hydrogen-bond acceptors (Lipinski definition) is 6. The smallest absolute Gasteiger partial charge is 0.331 e. The van der Waals surface area contributed by atoms with E-state index in [0.29, 0.717) is 0 Å². The highest BCUT2D eigenvalue weighted by atomic mass is 16.5. The second-order valence-corrected chi connectivity index (χ2v) is 7.05. The Morgan fingerprint density at radius 2 is 1.97 bits per heavy atom. The molecular weight excluding hydrogens is 368 g/mol. The van der Waals surface area contributed by atoms with Crippen LogP contribution >= 0.6 is 0 Å². The van der Waals surface area contributed by atoms with Crippen molar-refractivity contribution in [2.75, 3.05) is 20.8 Å². The van der Waals surface area contributed by atoms with E-state index in [-0.39, 0.29) is 18.8 Å². The van der Waals surface area contributed by atoms with Gasteiger partial charge in [0.25, 0.3) is 0 Å². The van der Waals surface area contributed by atoms with Gasteiger partial charge in [0.1, 0.15) is 5.75 Å². The van der Waals surface area contributed by atoms with Crippen LogP contribution in [-0.4, -0.2) is 42.7 Å². The second-order valence-electron chi connectivity index (χ2n) is 7.05. The molecule has 5 rings (SSSR count). The number of aromatic nitrogens is 1. The molecule has 2 aliphatic heterocycles. The third kappa shape index (κ3) is 2.84. The summed E-state index contributed by atoms with van der Waals surface area (Å²) >= 11 is 0. The Morgan fingerprint density at radius 1 is 1.17 bits per heavy atom. The first-order valence-corrected chi connectivity index (χ1v) is 9.43. The van der Waals surface area contributed by atoms with Gasteiger partial charge in [-0.15, -0.1) is 0 Å². The zero-order chi connectivity index (χ0) is 20.0. The molecule has 2 atom stereocenters. The fourth-order valence-electron chi connectivity index (χ4n) is 4.01. The highest BCUT2D eigenvalue weighted by Gasteiger charge is 2.48. The first-order chi connectivity index (χ1) is 14.2. The normalized spacial score (nSPS) is 21.3. The highest BCUT2D eigenvalue weighted by Crippen LogP contribution is 2.47. The minimum absolute atomic E-state index is 0.281. The molecule has 0 bridgehead atoms. The number of esters is 1. The molecule has 3 heterocycles. The van der Waals surface area contributed by atoms with Gasteiger partial charge in [0, 0.05) is 10.9 Å². The van der Waals surface area contributed by atoms with E-state index in [9.17, 15) is 4.79 Å². The van der Waals surface area contributed by atoms with Crippen LogP contribution in [0.15, 0.2) is 54.6 Å². The van der Waals surface area contributed by atoms with E-state index in [1.807, 2.05) is 59.5 Å². The molecule has 0 saturated carbocycles. The van der Waals surface area contributed by atoms with Crippen LogP contribution in [-0.2, 0) is 14.3 Å². The summed E-state index contributed by atoms with van der Waals surface area (Å²) in [5.41, 5.74) is 4.54. The maximum Gasteiger partial charge on any atom is 0.331 e. The summed E-state index contributed by atoms with van der Waals surface area (Å²) in [6, 6.07) is 17.3. The number of carbonyl (C=O) groups is 1. The summed E-state index contributed by atoms with van der Waals surface area (Å²) < 4.78 is 16.3. The molecule has 1 saturated heterocycles. The van der Waals surface area contributed by atoms with Crippen LogP contribution in [0.4, 0.5) is 0 Å². The van der Waals surface area contributed by atoms with Gasteiger partial charge in [0.2, 0.25) is 0 Å². The summed E-state index contributed by atoms with van der Waals surface area (Å²) in [6.45, 7) is 0.281. The molecule has 0 radical (unpaired) electrons. The van der Waals surface area contributed by atoms with Crippen LogP contribution in [0.2, 0.25) is 0 Å². The fourth-order valence-corrected chi connectivity index (χ4v) is 4.01. The van der Waals surface area contributed by atoms with Gasteiger partial charge in [0.15, 0.2) is 12.3 Å². The molecule has 1 fully saturated rings. The lowest BCUT2D eigenvalue weighted by molar-refractivity contribution is -0.144. The van der Waals surface area contributed by atoms with E-state index in [2.05, 4.69) is 6.07 Å². The average molecular weight is 388 g/mol. The topological polar surface area (TPSA) is 60.9 Å². The van der Waals surface area contributed by atoms with Crippen LogP contribution in [0.25, 0.3) is 22.7 Å². The van der Waals surface area contributed by atoms with Crippen molar-refractivity contribution in [2.45, 2.75) is 12.3 Å². The van der Waals surface area contributed by atoms with Gasteiger partial charge in [-0.05, 0) is 35.9 Å². The van der Waals surface area contributed by atoms with Crippen LogP contribution in [0.1, 0.15) is 23.0 Å². The number of nitrogens with zero attached hydrogens (tertiary/aromatic N) is 2. The molecule has 0 spiro atoms. The van der Waals surface area contributed by atoms with E-state index in [1.165, 1.54) is 7.11 Å². The van der Waals surface area contributed by atoms with E-state index < -0.39 is 6.04 Å². The number of para-hydroxylation sites is 1. The van der Waals surface area contributed by atoms with Crippen LogP contribution in [0, 0.1) is 0 Å². The SMILES string of the molecule is COC(=O)[C@@H]1CO[C@H]2c3cc4ccccc4nc3/C(=C/c3ccc(OC)cc3)N12. The monoisotopic (exact) mass is 388 g/mol. The molecule has 2 aliphatic rings. The van der Waals surface area contributed by atoms with Crippen molar-refractivity contribution in [3.05, 3.63) is 71.4 Å². The summed E-state index contributed by atoms with van der Waals surface area (Å²) in [7, 11) is 3.04. The molecule has 3 aromatic rings. The number of methoxy groups -OCH3 is 2. The first kappa shape index (κ1) is 17.7. The van der Waals surface area contributed by atoms with Crippen molar-refractivity contribution < 1.29 is 19.0 Å². The van der Waals surface area contributed by atoms with Crippen LogP contribution in [0.5, 0.6) is 5.75 Å². The summed E-state index contributed by atoms with van der Waals surface area (Å²) in [5.74, 6) is 0.475. The molecule has 1 aromatic heterocycles. The molecule has 0 N–H and O–H groups in total. The predicted molar refractivity (Wildman–Crippen MR) is 109 cm³/mol. The lowest BCUT2D eigenvalue weighted by Crippen LogP contribution is -2.36. The third-order valence-corrected chi connectivity index (χ3v) is 5.43.